The van der Waals surface area contributed by atoms with Crippen molar-refractivity contribution in [2.75, 3.05) is 5.32 Å². The molecule has 7 nitrogen and oxygen atoms in total. The van der Waals surface area contributed by atoms with E-state index in [-0.39, 0.29) is 17.4 Å². The molecular weight excluding hydrogens is 440 g/mol. The number of nitrogens with one attached hydrogen (secondary N) is 1. The number of benzene rings is 1. The summed E-state index contributed by atoms with van der Waals surface area (Å²) in [7, 11) is 0. The van der Waals surface area contributed by atoms with Gasteiger partial charge in [-0.3, -0.25) is 9.69 Å². The van der Waals surface area contributed by atoms with Gasteiger partial charge in [-0.1, -0.05) is 44.2 Å². The molecule has 1 aromatic carbocycles. The second kappa shape index (κ2) is 10.7. The molecule has 2 aliphatic rings. The summed E-state index contributed by atoms with van der Waals surface area (Å²) in [6.07, 6.45) is 12.5. The molecule has 0 bridgehead atoms. The van der Waals surface area contributed by atoms with Crippen LogP contribution in [0.1, 0.15) is 97.9 Å². The third kappa shape index (κ3) is 5.55. The number of fused-ring (bicyclic) bond motifs is 1. The number of para-hydroxylation sites is 2. The maximum absolute atomic E-state index is 13.7. The van der Waals surface area contributed by atoms with Crippen LogP contribution in [0.2, 0.25) is 0 Å². The van der Waals surface area contributed by atoms with E-state index < -0.39 is 11.5 Å². The van der Waals surface area contributed by atoms with Crippen LogP contribution in [0, 0.1) is 0 Å². The lowest BCUT2D eigenvalue weighted by atomic mass is 9.94. The van der Waals surface area contributed by atoms with E-state index in [9.17, 15) is 14.7 Å². The van der Waals surface area contributed by atoms with Crippen molar-refractivity contribution in [3.63, 3.8) is 0 Å². The Hall–Kier alpha value is -2.41. The Balaban J connectivity index is 1.64. The second-order valence-corrected chi connectivity index (χ2v) is 11.3. The van der Waals surface area contributed by atoms with Crippen LogP contribution < -0.4 is 10.9 Å². The molecule has 1 saturated heterocycles. The van der Waals surface area contributed by atoms with E-state index in [1.807, 2.05) is 28.8 Å². The largest absolute Gasteiger partial charge is 0.480 e. The SMILES string of the molecule is CC1CC[C@@H](C[C@H](C)n2c(=O)c(NC(C)(C)C(=O)O)nc3ccccc32)N1C1CCCCCCC1. The molecule has 1 saturated carbocycles. The first-order chi connectivity index (χ1) is 16.7. The normalized spacial score (nSPS) is 23.7. The van der Waals surface area contributed by atoms with Gasteiger partial charge in [-0.15, -0.1) is 0 Å². The van der Waals surface area contributed by atoms with Gasteiger partial charge in [-0.05, 0) is 71.9 Å². The highest BCUT2D eigenvalue weighted by molar-refractivity contribution is 5.82. The minimum atomic E-state index is -1.30. The van der Waals surface area contributed by atoms with Crippen molar-refractivity contribution in [3.05, 3.63) is 34.6 Å². The Bertz CT molecular complexity index is 1090. The molecule has 2 N–H and O–H groups in total. The van der Waals surface area contributed by atoms with Crippen LogP contribution in [0.4, 0.5) is 5.82 Å². The third-order valence-electron chi connectivity index (χ3n) is 8.16. The minimum Gasteiger partial charge on any atom is -0.480 e. The standard InChI is InChI=1S/C28H42N4O3/c1-19-16-17-22(31(19)21-12-8-6-5-7-9-13-21)18-20(2)32-24-15-11-10-14-23(24)29-25(26(32)33)30-28(3,4)27(34)35/h10-11,14-15,19-22H,5-9,12-13,16-18H2,1-4H3,(H,29,30)(H,34,35)/t19?,20-,22-/m0/s1. The van der Waals surface area contributed by atoms with Crippen LogP contribution in [-0.2, 0) is 4.79 Å². The summed E-state index contributed by atoms with van der Waals surface area (Å²) < 4.78 is 1.84. The first-order valence-corrected chi connectivity index (χ1v) is 13.5. The van der Waals surface area contributed by atoms with Crippen LogP contribution >= 0.6 is 0 Å². The van der Waals surface area contributed by atoms with Crippen molar-refractivity contribution in [2.24, 2.45) is 0 Å². The van der Waals surface area contributed by atoms with E-state index in [2.05, 4.69) is 29.0 Å². The Labute approximate surface area is 208 Å². The van der Waals surface area contributed by atoms with Gasteiger partial charge in [-0.25, -0.2) is 9.78 Å². The number of carboxylic acids is 1. The molecule has 35 heavy (non-hydrogen) atoms. The lowest BCUT2D eigenvalue weighted by molar-refractivity contribution is -0.141. The van der Waals surface area contributed by atoms with Gasteiger partial charge in [0.25, 0.3) is 5.56 Å². The number of hydrogen-bond acceptors (Lipinski definition) is 5. The van der Waals surface area contributed by atoms with Gasteiger partial charge in [-0.2, -0.15) is 0 Å². The van der Waals surface area contributed by atoms with Crippen molar-refractivity contribution in [3.8, 4) is 0 Å². The van der Waals surface area contributed by atoms with Crippen LogP contribution in [-0.4, -0.2) is 49.2 Å². The van der Waals surface area contributed by atoms with Crippen LogP contribution in [0.5, 0.6) is 0 Å². The average Bonchev–Trinajstić information content (AvgIpc) is 3.13. The maximum atomic E-state index is 13.7. The summed E-state index contributed by atoms with van der Waals surface area (Å²) in [5.41, 5.74) is -0.0634. The molecule has 0 spiro atoms. The second-order valence-electron chi connectivity index (χ2n) is 11.3. The van der Waals surface area contributed by atoms with Crippen LogP contribution in [0.3, 0.4) is 0 Å². The Morgan fingerprint density at radius 2 is 1.77 bits per heavy atom. The van der Waals surface area contributed by atoms with Gasteiger partial charge < -0.3 is 15.0 Å². The number of nitrogens with zero attached hydrogens (tertiary/aromatic N) is 3. The topological polar surface area (TPSA) is 87.5 Å². The number of rotatable bonds is 7. The summed E-state index contributed by atoms with van der Waals surface area (Å²) >= 11 is 0. The van der Waals surface area contributed by atoms with E-state index >= 15 is 0 Å². The predicted molar refractivity (Wildman–Crippen MR) is 141 cm³/mol. The molecule has 3 atom stereocenters. The monoisotopic (exact) mass is 482 g/mol. The van der Waals surface area contributed by atoms with Crippen LogP contribution in [0.25, 0.3) is 11.0 Å². The summed E-state index contributed by atoms with van der Waals surface area (Å²) in [6.45, 7) is 7.59. The highest BCUT2D eigenvalue weighted by Crippen LogP contribution is 2.36. The summed E-state index contributed by atoms with van der Waals surface area (Å²) in [5.74, 6) is -0.930. The fraction of sp³-hybridized carbons (Fsp3) is 0.679. The van der Waals surface area contributed by atoms with Crippen molar-refractivity contribution >= 4 is 22.8 Å². The number of aromatic nitrogens is 2. The Kier molecular flexibility index (Phi) is 7.84. The highest BCUT2D eigenvalue weighted by atomic mass is 16.4. The predicted octanol–water partition coefficient (Wildman–Crippen LogP) is 5.59. The zero-order valence-corrected chi connectivity index (χ0v) is 21.8. The van der Waals surface area contributed by atoms with E-state index in [0.717, 1.165) is 18.4 Å². The molecule has 2 aromatic rings. The summed E-state index contributed by atoms with van der Waals surface area (Å²) in [4.78, 5) is 32.7. The van der Waals surface area contributed by atoms with Crippen molar-refractivity contribution in [1.82, 2.24) is 14.5 Å². The lowest BCUT2D eigenvalue weighted by Gasteiger charge is -2.38. The van der Waals surface area contributed by atoms with E-state index in [1.54, 1.807) is 13.8 Å². The lowest BCUT2D eigenvalue weighted by Crippen LogP contribution is -2.45. The quantitative estimate of drug-likeness (QED) is 0.535. The van der Waals surface area contributed by atoms with Crippen molar-refractivity contribution in [2.45, 2.75) is 122 Å². The molecule has 2 fully saturated rings. The fourth-order valence-corrected chi connectivity index (χ4v) is 6.24. The summed E-state index contributed by atoms with van der Waals surface area (Å²) in [6, 6.07) is 9.30. The average molecular weight is 483 g/mol. The molecule has 1 unspecified atom stereocenters. The third-order valence-corrected chi connectivity index (χ3v) is 8.16. The van der Waals surface area contributed by atoms with Crippen LogP contribution in [0.15, 0.2) is 29.1 Å². The van der Waals surface area contributed by atoms with Gasteiger partial charge in [0.05, 0.1) is 11.0 Å². The number of aliphatic carboxylic acids is 1. The molecule has 0 amide bonds. The van der Waals surface area contributed by atoms with Gasteiger partial charge >= 0.3 is 5.97 Å². The molecule has 1 aliphatic carbocycles. The molecule has 1 aliphatic heterocycles. The molecule has 4 rings (SSSR count). The van der Waals surface area contributed by atoms with E-state index in [1.165, 1.54) is 51.4 Å². The van der Waals surface area contributed by atoms with Gasteiger partial charge in [0.1, 0.15) is 5.54 Å². The van der Waals surface area contributed by atoms with Gasteiger partial charge in [0.2, 0.25) is 0 Å². The maximum Gasteiger partial charge on any atom is 0.328 e. The number of carboxylic acid groups (broad SMARTS) is 1. The minimum absolute atomic E-state index is 0.0322. The van der Waals surface area contributed by atoms with E-state index in [0.29, 0.717) is 23.6 Å². The van der Waals surface area contributed by atoms with Crippen molar-refractivity contribution in [1.29, 1.82) is 0 Å². The Morgan fingerprint density at radius 1 is 1.11 bits per heavy atom. The smallest absolute Gasteiger partial charge is 0.328 e. The molecule has 192 valence electrons. The Morgan fingerprint density at radius 3 is 2.46 bits per heavy atom. The number of anilines is 1. The molecule has 1 aromatic heterocycles. The molecular formula is C28H42N4O3. The van der Waals surface area contributed by atoms with Gasteiger partial charge in [0, 0.05) is 24.2 Å². The number of hydrogen-bond donors (Lipinski definition) is 2. The first kappa shape index (κ1) is 25.7. The van der Waals surface area contributed by atoms with Gasteiger partial charge in [0.15, 0.2) is 5.82 Å². The fourth-order valence-electron chi connectivity index (χ4n) is 6.24. The first-order valence-electron chi connectivity index (χ1n) is 13.5. The highest BCUT2D eigenvalue weighted by Gasteiger charge is 2.37. The summed E-state index contributed by atoms with van der Waals surface area (Å²) in [5, 5.41) is 12.5. The zero-order valence-electron chi connectivity index (χ0n) is 21.8. The zero-order chi connectivity index (χ0) is 25.2. The van der Waals surface area contributed by atoms with E-state index in [4.69, 9.17) is 0 Å². The van der Waals surface area contributed by atoms with Crippen molar-refractivity contribution < 1.29 is 9.90 Å². The number of likely N-dealkylation sites (tertiary alicyclic amines) is 1. The molecule has 7 heteroatoms. The number of carbonyl (C=O) groups is 1. The molecule has 0 radical (unpaired) electrons. The molecule has 2 heterocycles.